The number of amides is 1. The smallest absolute Gasteiger partial charge is 0.433 e. The number of aromatic nitrogens is 1. The standard InChI is InChI=1S/C19H15N3O5S/c1-2-12-5-6-14-16(10-12)28-19(20-14)21(11-13-4-3-9-26-13)18(23)15-7-8-17(27-15)22(24)25/h3-10H,2,11H2,1H3. The highest BCUT2D eigenvalue weighted by Crippen LogP contribution is 2.32. The Hall–Kier alpha value is -3.46. The minimum absolute atomic E-state index is 0.126. The van der Waals surface area contributed by atoms with E-state index < -0.39 is 16.7 Å². The summed E-state index contributed by atoms with van der Waals surface area (Å²) in [6, 6.07) is 11.9. The number of carbonyl (C=O) groups is 1. The van der Waals surface area contributed by atoms with Crippen molar-refractivity contribution in [3.05, 3.63) is 75.9 Å². The zero-order chi connectivity index (χ0) is 19.7. The predicted octanol–water partition coefficient (Wildman–Crippen LogP) is 4.80. The van der Waals surface area contributed by atoms with Crippen molar-refractivity contribution >= 4 is 38.5 Å². The number of nitrogens with zero attached hydrogens (tertiary/aromatic N) is 3. The Morgan fingerprint density at radius 3 is 2.82 bits per heavy atom. The lowest BCUT2D eigenvalue weighted by Crippen LogP contribution is -2.29. The number of hydrogen-bond donors (Lipinski definition) is 0. The molecule has 0 fully saturated rings. The second-order valence-corrected chi connectivity index (χ2v) is 7.03. The number of anilines is 1. The van der Waals surface area contributed by atoms with Crippen LogP contribution in [0.3, 0.4) is 0 Å². The molecule has 0 N–H and O–H groups in total. The van der Waals surface area contributed by atoms with Gasteiger partial charge in [0.1, 0.15) is 10.7 Å². The largest absolute Gasteiger partial charge is 0.467 e. The number of thiazole rings is 1. The predicted molar refractivity (Wildman–Crippen MR) is 104 cm³/mol. The molecule has 0 atom stereocenters. The summed E-state index contributed by atoms with van der Waals surface area (Å²) in [7, 11) is 0. The van der Waals surface area contributed by atoms with Gasteiger partial charge in [-0.3, -0.25) is 19.8 Å². The molecule has 0 saturated carbocycles. The van der Waals surface area contributed by atoms with Gasteiger partial charge in [0, 0.05) is 0 Å². The number of rotatable bonds is 6. The molecular formula is C19H15N3O5S. The number of hydrogen-bond acceptors (Lipinski definition) is 7. The zero-order valence-corrected chi connectivity index (χ0v) is 15.6. The number of carbonyl (C=O) groups excluding carboxylic acids is 1. The van der Waals surface area contributed by atoms with Crippen LogP contribution in [0.15, 0.2) is 57.6 Å². The molecule has 0 spiro atoms. The van der Waals surface area contributed by atoms with Gasteiger partial charge in [-0.15, -0.1) is 0 Å². The molecule has 142 valence electrons. The molecule has 4 aromatic rings. The van der Waals surface area contributed by atoms with Crippen LogP contribution < -0.4 is 4.90 Å². The van der Waals surface area contributed by atoms with Crippen LogP contribution in [0, 0.1) is 10.1 Å². The van der Waals surface area contributed by atoms with Crippen molar-refractivity contribution in [3.63, 3.8) is 0 Å². The molecule has 0 saturated heterocycles. The number of fused-ring (bicyclic) bond motifs is 1. The van der Waals surface area contributed by atoms with Crippen LogP contribution >= 0.6 is 11.3 Å². The van der Waals surface area contributed by atoms with Gasteiger partial charge in [-0.2, -0.15) is 0 Å². The van der Waals surface area contributed by atoms with Crippen molar-refractivity contribution < 1.29 is 18.6 Å². The molecule has 9 heteroatoms. The van der Waals surface area contributed by atoms with Gasteiger partial charge >= 0.3 is 5.88 Å². The molecule has 0 aliphatic rings. The average molecular weight is 397 g/mol. The minimum atomic E-state index is -0.683. The van der Waals surface area contributed by atoms with E-state index in [0.29, 0.717) is 10.9 Å². The Labute approximate surface area is 163 Å². The molecule has 1 amide bonds. The molecule has 3 heterocycles. The van der Waals surface area contributed by atoms with Crippen LogP contribution in [0.25, 0.3) is 10.2 Å². The van der Waals surface area contributed by atoms with Gasteiger partial charge in [0.15, 0.2) is 10.9 Å². The normalized spacial score (nSPS) is 11.0. The topological polar surface area (TPSA) is 103 Å². The third-order valence-corrected chi connectivity index (χ3v) is 5.24. The van der Waals surface area contributed by atoms with E-state index >= 15 is 0 Å². The lowest BCUT2D eigenvalue weighted by molar-refractivity contribution is -0.402. The molecule has 8 nitrogen and oxygen atoms in total. The Morgan fingerprint density at radius 2 is 2.14 bits per heavy atom. The van der Waals surface area contributed by atoms with Gasteiger partial charge in [0.25, 0.3) is 5.91 Å². The third-order valence-electron chi connectivity index (χ3n) is 4.20. The van der Waals surface area contributed by atoms with E-state index in [1.54, 1.807) is 12.1 Å². The Kier molecular flexibility index (Phi) is 4.66. The van der Waals surface area contributed by atoms with Crippen LogP contribution in [-0.4, -0.2) is 15.8 Å². The van der Waals surface area contributed by atoms with Gasteiger partial charge in [-0.05, 0) is 42.3 Å². The molecule has 0 radical (unpaired) electrons. The molecule has 0 aliphatic carbocycles. The maximum atomic E-state index is 13.0. The lowest BCUT2D eigenvalue weighted by Gasteiger charge is -2.17. The van der Waals surface area contributed by atoms with Crippen LogP contribution in [0.5, 0.6) is 0 Å². The lowest BCUT2D eigenvalue weighted by atomic mass is 10.2. The first-order valence-electron chi connectivity index (χ1n) is 8.53. The molecule has 28 heavy (non-hydrogen) atoms. The summed E-state index contributed by atoms with van der Waals surface area (Å²) in [5.74, 6) is -0.591. The molecule has 1 aromatic carbocycles. The number of nitro groups is 1. The highest BCUT2D eigenvalue weighted by molar-refractivity contribution is 7.22. The first-order chi connectivity index (χ1) is 13.5. The molecular weight excluding hydrogens is 382 g/mol. The molecule has 3 aromatic heterocycles. The van der Waals surface area contributed by atoms with E-state index in [-0.39, 0.29) is 12.3 Å². The van der Waals surface area contributed by atoms with E-state index in [2.05, 4.69) is 11.9 Å². The highest BCUT2D eigenvalue weighted by Gasteiger charge is 2.27. The second-order valence-electron chi connectivity index (χ2n) is 6.02. The first-order valence-corrected chi connectivity index (χ1v) is 9.34. The van der Waals surface area contributed by atoms with Gasteiger partial charge in [0.2, 0.25) is 0 Å². The molecule has 4 rings (SSSR count). The van der Waals surface area contributed by atoms with Crippen LogP contribution in [0.4, 0.5) is 11.0 Å². The fraction of sp³-hybridized carbons (Fsp3) is 0.158. The van der Waals surface area contributed by atoms with Crippen molar-refractivity contribution in [2.45, 2.75) is 19.9 Å². The van der Waals surface area contributed by atoms with Gasteiger partial charge in [-0.25, -0.2) is 4.98 Å². The van der Waals surface area contributed by atoms with Crippen LogP contribution in [-0.2, 0) is 13.0 Å². The Bertz CT molecular complexity index is 1150. The van der Waals surface area contributed by atoms with E-state index in [1.807, 2.05) is 18.2 Å². The quantitative estimate of drug-likeness (QED) is 0.342. The number of aryl methyl sites for hydroxylation is 1. The van der Waals surface area contributed by atoms with Gasteiger partial charge < -0.3 is 8.83 Å². The van der Waals surface area contributed by atoms with Gasteiger partial charge in [0.05, 0.1) is 29.1 Å². The summed E-state index contributed by atoms with van der Waals surface area (Å²) < 4.78 is 11.4. The van der Waals surface area contributed by atoms with Crippen molar-refractivity contribution in [2.24, 2.45) is 0 Å². The summed E-state index contributed by atoms with van der Waals surface area (Å²) in [6.45, 7) is 2.19. The van der Waals surface area contributed by atoms with E-state index in [0.717, 1.165) is 22.7 Å². The summed E-state index contributed by atoms with van der Waals surface area (Å²) in [5.41, 5.74) is 1.95. The van der Waals surface area contributed by atoms with Crippen LogP contribution in [0.1, 0.15) is 28.8 Å². The molecule has 0 unspecified atom stereocenters. The average Bonchev–Trinajstić information content (AvgIpc) is 3.45. The third kappa shape index (κ3) is 3.39. The fourth-order valence-corrected chi connectivity index (χ4v) is 3.78. The van der Waals surface area contributed by atoms with Crippen molar-refractivity contribution in [3.8, 4) is 0 Å². The summed E-state index contributed by atoms with van der Waals surface area (Å²) in [4.78, 5) is 29.2. The molecule has 0 bridgehead atoms. The minimum Gasteiger partial charge on any atom is -0.467 e. The maximum absolute atomic E-state index is 13.0. The summed E-state index contributed by atoms with van der Waals surface area (Å²) >= 11 is 1.37. The fourth-order valence-electron chi connectivity index (χ4n) is 2.75. The van der Waals surface area contributed by atoms with E-state index in [1.165, 1.54) is 34.1 Å². The maximum Gasteiger partial charge on any atom is 0.433 e. The second kappa shape index (κ2) is 7.28. The van der Waals surface area contributed by atoms with Crippen LogP contribution in [0.2, 0.25) is 0 Å². The molecule has 0 aliphatic heterocycles. The highest BCUT2D eigenvalue weighted by atomic mass is 32.1. The van der Waals surface area contributed by atoms with Gasteiger partial charge in [-0.1, -0.05) is 24.3 Å². The summed E-state index contributed by atoms with van der Waals surface area (Å²) in [5, 5.41) is 11.3. The Balaban J connectivity index is 1.74. The van der Waals surface area contributed by atoms with Crippen molar-refractivity contribution in [2.75, 3.05) is 4.90 Å². The number of benzene rings is 1. The first kappa shape index (κ1) is 17.9. The van der Waals surface area contributed by atoms with E-state index in [4.69, 9.17) is 8.83 Å². The SMILES string of the molecule is CCc1ccc2nc(N(Cc3ccco3)C(=O)c3ccc([N+](=O)[O-])o3)sc2c1. The van der Waals surface area contributed by atoms with Crippen molar-refractivity contribution in [1.82, 2.24) is 4.98 Å². The van der Waals surface area contributed by atoms with E-state index in [9.17, 15) is 14.9 Å². The monoisotopic (exact) mass is 397 g/mol. The number of furan rings is 2. The summed E-state index contributed by atoms with van der Waals surface area (Å²) in [6.07, 6.45) is 2.41. The zero-order valence-electron chi connectivity index (χ0n) is 14.8. The van der Waals surface area contributed by atoms with Crippen molar-refractivity contribution in [1.29, 1.82) is 0 Å². The Morgan fingerprint density at radius 1 is 1.29 bits per heavy atom.